The largest absolute Gasteiger partial charge is 0.326 e. The van der Waals surface area contributed by atoms with Gasteiger partial charge in [-0.1, -0.05) is 48.5 Å². The molecule has 2 atom stereocenters. The number of hydrogen-bond donors (Lipinski definition) is 2. The van der Waals surface area contributed by atoms with Gasteiger partial charge >= 0.3 is 0 Å². The molecule has 3 rings (SSSR count). The zero-order chi connectivity index (χ0) is 16.1. The van der Waals surface area contributed by atoms with Crippen molar-refractivity contribution in [1.29, 1.82) is 0 Å². The number of nitrogens with zero attached hydrogens (tertiary/aromatic N) is 1. The number of para-hydroxylation sites is 1. The fourth-order valence-corrected chi connectivity index (χ4v) is 3.15. The number of nitrogens with one attached hydrogen (secondary N) is 1. The number of carbonyl (C=O) groups is 1. The minimum Gasteiger partial charge on any atom is -0.326 e. The van der Waals surface area contributed by atoms with E-state index in [-0.39, 0.29) is 11.9 Å². The molecule has 1 fully saturated rings. The average molecular weight is 309 g/mol. The van der Waals surface area contributed by atoms with E-state index in [4.69, 9.17) is 5.73 Å². The Labute approximate surface area is 137 Å². The summed E-state index contributed by atoms with van der Waals surface area (Å²) in [6.45, 7) is 2.51. The molecular formula is C19H23N3O. The predicted octanol–water partition coefficient (Wildman–Crippen LogP) is 2.44. The molecular weight excluding hydrogens is 286 g/mol. The first kappa shape index (κ1) is 15.7. The third-order valence-corrected chi connectivity index (χ3v) is 4.38. The van der Waals surface area contributed by atoms with Crippen LogP contribution in [0.1, 0.15) is 17.9 Å². The molecule has 1 saturated heterocycles. The molecule has 1 aliphatic rings. The number of likely N-dealkylation sites (tertiary alicyclic amines) is 1. The molecule has 3 N–H and O–H groups in total. The van der Waals surface area contributed by atoms with Gasteiger partial charge < -0.3 is 16.0 Å². The lowest BCUT2D eigenvalue weighted by atomic mass is 9.95. The topological polar surface area (TPSA) is 58.4 Å². The normalized spacial score (nSPS) is 21.3. The summed E-state index contributed by atoms with van der Waals surface area (Å²) in [5.74, 6) is 0.404. The first-order chi connectivity index (χ1) is 11.2. The van der Waals surface area contributed by atoms with Crippen molar-refractivity contribution in [2.45, 2.75) is 18.4 Å². The fraction of sp³-hybridized carbons (Fsp3) is 0.316. The van der Waals surface area contributed by atoms with Crippen LogP contribution in [-0.4, -0.2) is 36.5 Å². The van der Waals surface area contributed by atoms with E-state index in [0.717, 1.165) is 25.3 Å². The second-order valence-corrected chi connectivity index (χ2v) is 6.10. The van der Waals surface area contributed by atoms with Crippen LogP contribution < -0.4 is 11.1 Å². The summed E-state index contributed by atoms with van der Waals surface area (Å²) in [5, 5.41) is 2.92. The van der Waals surface area contributed by atoms with Gasteiger partial charge in [-0.05, 0) is 17.7 Å². The van der Waals surface area contributed by atoms with Gasteiger partial charge in [-0.25, -0.2) is 0 Å². The average Bonchev–Trinajstić information content (AvgIpc) is 2.96. The summed E-state index contributed by atoms with van der Waals surface area (Å²) < 4.78 is 0. The van der Waals surface area contributed by atoms with E-state index in [2.05, 4.69) is 34.5 Å². The quantitative estimate of drug-likeness (QED) is 0.892. The molecule has 0 aliphatic carbocycles. The van der Waals surface area contributed by atoms with Gasteiger partial charge in [-0.15, -0.1) is 0 Å². The molecule has 23 heavy (non-hydrogen) atoms. The Morgan fingerprint density at radius 2 is 1.70 bits per heavy atom. The third kappa shape index (κ3) is 4.18. The maximum Gasteiger partial charge on any atom is 0.225 e. The first-order valence-corrected chi connectivity index (χ1v) is 8.10. The molecule has 4 nitrogen and oxygen atoms in total. The van der Waals surface area contributed by atoms with Crippen molar-refractivity contribution in [3.05, 3.63) is 66.2 Å². The molecule has 1 amide bonds. The molecule has 0 spiro atoms. The number of hydrogen-bond acceptors (Lipinski definition) is 3. The van der Waals surface area contributed by atoms with E-state index in [9.17, 15) is 4.79 Å². The molecule has 0 radical (unpaired) electrons. The van der Waals surface area contributed by atoms with Crippen LogP contribution in [-0.2, 0) is 4.79 Å². The fourth-order valence-electron chi connectivity index (χ4n) is 3.15. The monoisotopic (exact) mass is 309 g/mol. The van der Waals surface area contributed by atoms with Gasteiger partial charge in [0.15, 0.2) is 0 Å². The number of anilines is 1. The summed E-state index contributed by atoms with van der Waals surface area (Å²) in [5.41, 5.74) is 8.42. The highest BCUT2D eigenvalue weighted by Gasteiger charge is 2.30. The van der Waals surface area contributed by atoms with Crippen molar-refractivity contribution in [3.8, 4) is 0 Å². The van der Waals surface area contributed by atoms with E-state index < -0.39 is 0 Å². The van der Waals surface area contributed by atoms with Crippen LogP contribution >= 0.6 is 0 Å². The Bertz CT molecular complexity index is 630. The Balaban J connectivity index is 1.49. The van der Waals surface area contributed by atoms with Crippen LogP contribution in [0.5, 0.6) is 0 Å². The van der Waals surface area contributed by atoms with Crippen molar-refractivity contribution < 1.29 is 4.79 Å². The van der Waals surface area contributed by atoms with E-state index in [1.54, 1.807) is 0 Å². The van der Waals surface area contributed by atoms with Gasteiger partial charge in [0.1, 0.15) is 0 Å². The smallest absolute Gasteiger partial charge is 0.225 e. The van der Waals surface area contributed by atoms with Crippen LogP contribution in [0.15, 0.2) is 60.7 Å². The highest BCUT2D eigenvalue weighted by molar-refractivity contribution is 5.90. The first-order valence-electron chi connectivity index (χ1n) is 8.10. The number of nitrogens with two attached hydrogens (primary N) is 1. The van der Waals surface area contributed by atoms with E-state index in [1.165, 1.54) is 5.56 Å². The molecule has 1 aliphatic heterocycles. The van der Waals surface area contributed by atoms with Gasteiger partial charge in [0.25, 0.3) is 0 Å². The summed E-state index contributed by atoms with van der Waals surface area (Å²) in [6, 6.07) is 20.1. The van der Waals surface area contributed by atoms with Gasteiger partial charge in [-0.3, -0.25) is 4.79 Å². The van der Waals surface area contributed by atoms with E-state index >= 15 is 0 Å². The van der Waals surface area contributed by atoms with Crippen LogP contribution in [0, 0.1) is 0 Å². The lowest BCUT2D eigenvalue weighted by molar-refractivity contribution is -0.116. The van der Waals surface area contributed by atoms with Crippen LogP contribution in [0.25, 0.3) is 0 Å². The van der Waals surface area contributed by atoms with Gasteiger partial charge in [0, 0.05) is 43.7 Å². The molecule has 0 bridgehead atoms. The molecule has 120 valence electrons. The van der Waals surface area contributed by atoms with Crippen LogP contribution in [0.2, 0.25) is 0 Å². The van der Waals surface area contributed by atoms with E-state index in [0.29, 0.717) is 12.3 Å². The highest BCUT2D eigenvalue weighted by atomic mass is 16.1. The molecule has 0 saturated carbocycles. The Morgan fingerprint density at radius 3 is 2.39 bits per heavy atom. The zero-order valence-corrected chi connectivity index (χ0v) is 13.2. The molecule has 1 heterocycles. The summed E-state index contributed by atoms with van der Waals surface area (Å²) in [7, 11) is 0. The standard InChI is InChI=1S/C19H23N3O/c20-18-14-22(13-17(18)15-7-3-1-4-8-15)12-11-19(23)21-16-9-5-2-6-10-16/h1-10,17-18H,11-14,20H2,(H,21,23)/t17-,18+/m0/s1. The summed E-state index contributed by atoms with van der Waals surface area (Å²) >= 11 is 0. The highest BCUT2D eigenvalue weighted by Crippen LogP contribution is 2.26. The molecule has 0 aromatic heterocycles. The summed E-state index contributed by atoms with van der Waals surface area (Å²) in [6.07, 6.45) is 0.489. The SMILES string of the molecule is N[C@@H]1CN(CCC(=O)Nc2ccccc2)C[C@H]1c1ccccc1. The number of benzene rings is 2. The maximum atomic E-state index is 12.0. The molecule has 2 aromatic rings. The predicted molar refractivity (Wildman–Crippen MR) is 93.3 cm³/mol. The van der Waals surface area contributed by atoms with Gasteiger partial charge in [-0.2, -0.15) is 0 Å². The molecule has 0 unspecified atom stereocenters. The Morgan fingerprint density at radius 1 is 1.04 bits per heavy atom. The second-order valence-electron chi connectivity index (χ2n) is 6.10. The second kappa shape index (κ2) is 7.40. The van der Waals surface area contributed by atoms with Gasteiger partial charge in [0.05, 0.1) is 0 Å². The Kier molecular flexibility index (Phi) is 5.05. The van der Waals surface area contributed by atoms with Crippen LogP contribution in [0.3, 0.4) is 0 Å². The lowest BCUT2D eigenvalue weighted by Gasteiger charge is -2.16. The number of carbonyl (C=O) groups excluding carboxylic acids is 1. The number of amides is 1. The lowest BCUT2D eigenvalue weighted by Crippen LogP contribution is -2.30. The minimum atomic E-state index is 0.0490. The third-order valence-electron chi connectivity index (χ3n) is 4.38. The minimum absolute atomic E-state index is 0.0490. The molecule has 2 aromatic carbocycles. The molecule has 4 heteroatoms. The summed E-state index contributed by atoms with van der Waals surface area (Å²) in [4.78, 5) is 14.3. The van der Waals surface area contributed by atoms with E-state index in [1.807, 2.05) is 36.4 Å². The number of rotatable bonds is 5. The van der Waals surface area contributed by atoms with Crippen LogP contribution in [0.4, 0.5) is 5.69 Å². The van der Waals surface area contributed by atoms with Crippen molar-refractivity contribution in [2.75, 3.05) is 25.0 Å². The van der Waals surface area contributed by atoms with Crippen molar-refractivity contribution >= 4 is 11.6 Å². The van der Waals surface area contributed by atoms with Crippen molar-refractivity contribution in [2.24, 2.45) is 5.73 Å². The Hall–Kier alpha value is -2.17. The van der Waals surface area contributed by atoms with Crippen molar-refractivity contribution in [3.63, 3.8) is 0 Å². The van der Waals surface area contributed by atoms with Crippen molar-refractivity contribution in [1.82, 2.24) is 4.90 Å². The maximum absolute atomic E-state index is 12.0. The zero-order valence-electron chi connectivity index (χ0n) is 13.2. The van der Waals surface area contributed by atoms with Gasteiger partial charge in [0.2, 0.25) is 5.91 Å².